The monoisotopic (exact) mass is 481 g/mol. The van der Waals surface area contributed by atoms with Gasteiger partial charge in [-0.2, -0.15) is 0 Å². The molecule has 1 heterocycles. The molecular formula is C24H23N3O4S2. The lowest BCUT2D eigenvalue weighted by Gasteiger charge is -2.13. The molecule has 0 radical (unpaired) electrons. The average Bonchev–Trinajstić information content (AvgIpc) is 3.22. The van der Waals surface area contributed by atoms with Crippen LogP contribution in [0, 0.1) is 6.92 Å². The number of nitrogens with one attached hydrogen (secondary N) is 2. The number of methoxy groups -OCH3 is 1. The topological polar surface area (TPSA) is 97.4 Å². The van der Waals surface area contributed by atoms with E-state index in [-0.39, 0.29) is 17.2 Å². The maximum absolute atomic E-state index is 12.9. The van der Waals surface area contributed by atoms with Crippen LogP contribution in [0.25, 0.3) is 10.2 Å². The second kappa shape index (κ2) is 9.60. The van der Waals surface area contributed by atoms with Gasteiger partial charge in [0.15, 0.2) is 0 Å². The van der Waals surface area contributed by atoms with Gasteiger partial charge in [0.1, 0.15) is 5.75 Å². The van der Waals surface area contributed by atoms with Gasteiger partial charge in [-0.3, -0.25) is 9.52 Å². The Labute approximate surface area is 196 Å². The number of carbonyl (C=O) groups excluding carboxylic acids is 1. The number of aromatic nitrogens is 1. The first kappa shape index (κ1) is 22.8. The van der Waals surface area contributed by atoms with E-state index in [0.29, 0.717) is 29.1 Å². The Kier molecular flexibility index (Phi) is 6.62. The molecule has 3 aromatic carbocycles. The minimum Gasteiger partial charge on any atom is -0.497 e. The molecule has 0 saturated carbocycles. The van der Waals surface area contributed by atoms with E-state index in [2.05, 4.69) is 15.0 Å². The second-order valence-corrected chi connectivity index (χ2v) is 10.2. The van der Waals surface area contributed by atoms with E-state index in [9.17, 15) is 13.2 Å². The van der Waals surface area contributed by atoms with Gasteiger partial charge in [0.25, 0.3) is 10.0 Å². The smallest absolute Gasteiger partial charge is 0.262 e. The van der Waals surface area contributed by atoms with Gasteiger partial charge in [0, 0.05) is 24.2 Å². The summed E-state index contributed by atoms with van der Waals surface area (Å²) >= 11 is 1.57. The molecule has 0 bridgehead atoms. The van der Waals surface area contributed by atoms with Gasteiger partial charge in [0.2, 0.25) is 5.91 Å². The van der Waals surface area contributed by atoms with Crippen LogP contribution in [0.4, 0.5) is 11.4 Å². The molecule has 0 fully saturated rings. The number of fused-ring (bicyclic) bond motifs is 1. The third-order valence-corrected chi connectivity index (χ3v) is 7.63. The predicted octanol–water partition coefficient (Wildman–Crippen LogP) is 4.99. The van der Waals surface area contributed by atoms with Crippen LogP contribution in [0.5, 0.6) is 5.75 Å². The molecule has 1 aromatic heterocycles. The molecule has 0 aliphatic rings. The minimum atomic E-state index is -3.84. The van der Waals surface area contributed by atoms with Crippen LogP contribution in [-0.4, -0.2) is 26.4 Å². The fraction of sp³-hybridized carbons (Fsp3) is 0.167. The van der Waals surface area contributed by atoms with E-state index in [0.717, 1.165) is 15.2 Å². The number of benzene rings is 3. The zero-order valence-electron chi connectivity index (χ0n) is 18.2. The van der Waals surface area contributed by atoms with Gasteiger partial charge in [-0.1, -0.05) is 18.2 Å². The van der Waals surface area contributed by atoms with E-state index in [1.807, 2.05) is 24.3 Å². The maximum Gasteiger partial charge on any atom is 0.262 e. The zero-order valence-corrected chi connectivity index (χ0v) is 19.8. The molecule has 33 heavy (non-hydrogen) atoms. The quantitative estimate of drug-likeness (QED) is 0.370. The first-order chi connectivity index (χ1) is 15.8. The van der Waals surface area contributed by atoms with Gasteiger partial charge in [-0.05, 0) is 61.0 Å². The highest BCUT2D eigenvalue weighted by atomic mass is 32.2. The van der Waals surface area contributed by atoms with Crippen molar-refractivity contribution in [2.75, 3.05) is 17.1 Å². The Balaban J connectivity index is 1.43. The molecule has 9 heteroatoms. The number of carbonyl (C=O) groups is 1. The first-order valence-electron chi connectivity index (χ1n) is 10.3. The summed E-state index contributed by atoms with van der Waals surface area (Å²) in [7, 11) is -2.30. The summed E-state index contributed by atoms with van der Waals surface area (Å²) in [4.78, 5) is 17.1. The first-order valence-corrected chi connectivity index (χ1v) is 12.6. The lowest BCUT2D eigenvalue weighted by atomic mass is 10.2. The lowest BCUT2D eigenvalue weighted by molar-refractivity contribution is -0.116. The number of para-hydroxylation sites is 1. The lowest BCUT2D eigenvalue weighted by Crippen LogP contribution is -2.16. The van der Waals surface area contributed by atoms with E-state index < -0.39 is 10.0 Å². The average molecular weight is 482 g/mol. The molecule has 0 spiro atoms. The fourth-order valence-electron chi connectivity index (χ4n) is 3.31. The SMILES string of the molecule is COc1ccc(NS(=O)(=O)c2cc(NC(=O)CCc3nc4ccccc4s3)ccc2C)cc1. The molecule has 0 atom stereocenters. The number of sulfonamides is 1. The largest absolute Gasteiger partial charge is 0.497 e. The minimum absolute atomic E-state index is 0.0993. The summed E-state index contributed by atoms with van der Waals surface area (Å²) < 4.78 is 34.6. The van der Waals surface area contributed by atoms with E-state index in [1.54, 1.807) is 61.8 Å². The summed E-state index contributed by atoms with van der Waals surface area (Å²) in [6, 6.07) is 19.3. The van der Waals surface area contributed by atoms with Gasteiger partial charge in [0.05, 0.1) is 27.2 Å². The molecule has 0 aliphatic heterocycles. The van der Waals surface area contributed by atoms with Crippen molar-refractivity contribution in [3.05, 3.63) is 77.3 Å². The van der Waals surface area contributed by atoms with Gasteiger partial charge >= 0.3 is 0 Å². The second-order valence-electron chi connectivity index (χ2n) is 7.44. The van der Waals surface area contributed by atoms with Crippen molar-refractivity contribution in [1.82, 2.24) is 4.98 Å². The Morgan fingerprint density at radius 1 is 1.03 bits per heavy atom. The zero-order chi connectivity index (χ0) is 23.4. The third-order valence-electron chi connectivity index (χ3n) is 5.01. The number of aryl methyl sites for hydroxylation is 2. The van der Waals surface area contributed by atoms with Crippen molar-refractivity contribution in [3.63, 3.8) is 0 Å². The van der Waals surface area contributed by atoms with Crippen molar-refractivity contribution >= 4 is 48.9 Å². The van der Waals surface area contributed by atoms with Gasteiger partial charge in [-0.15, -0.1) is 11.3 Å². The van der Waals surface area contributed by atoms with Crippen molar-refractivity contribution in [1.29, 1.82) is 0 Å². The van der Waals surface area contributed by atoms with Crippen LogP contribution in [0.15, 0.2) is 71.6 Å². The Morgan fingerprint density at radius 2 is 1.76 bits per heavy atom. The number of hydrogen-bond donors (Lipinski definition) is 2. The van der Waals surface area contributed by atoms with Gasteiger partial charge < -0.3 is 10.1 Å². The normalized spacial score (nSPS) is 11.3. The molecule has 0 saturated heterocycles. The van der Waals surface area contributed by atoms with E-state index in [1.165, 1.54) is 6.07 Å². The summed E-state index contributed by atoms with van der Waals surface area (Å²) in [6.07, 6.45) is 0.765. The number of ether oxygens (including phenoxy) is 1. The number of rotatable bonds is 8. The van der Waals surface area contributed by atoms with Gasteiger partial charge in [-0.25, -0.2) is 13.4 Å². The molecule has 170 valence electrons. The Hall–Kier alpha value is -3.43. The number of hydrogen-bond acceptors (Lipinski definition) is 6. The number of amides is 1. The molecular weight excluding hydrogens is 458 g/mol. The van der Waals surface area contributed by atoms with Crippen molar-refractivity contribution in [3.8, 4) is 5.75 Å². The van der Waals surface area contributed by atoms with Crippen LogP contribution in [0.2, 0.25) is 0 Å². The summed E-state index contributed by atoms with van der Waals surface area (Å²) in [6.45, 7) is 1.71. The van der Waals surface area contributed by atoms with Crippen LogP contribution < -0.4 is 14.8 Å². The van der Waals surface area contributed by atoms with Crippen LogP contribution in [0.1, 0.15) is 17.0 Å². The molecule has 2 N–H and O–H groups in total. The van der Waals surface area contributed by atoms with E-state index >= 15 is 0 Å². The summed E-state index contributed by atoms with van der Waals surface area (Å²) in [5.74, 6) is 0.425. The molecule has 4 rings (SSSR count). The van der Waals surface area contributed by atoms with Crippen LogP contribution in [0.3, 0.4) is 0 Å². The third kappa shape index (κ3) is 5.50. The van der Waals surface area contributed by atoms with E-state index in [4.69, 9.17) is 4.74 Å². The maximum atomic E-state index is 12.9. The number of nitrogens with zero attached hydrogens (tertiary/aromatic N) is 1. The highest BCUT2D eigenvalue weighted by molar-refractivity contribution is 7.92. The van der Waals surface area contributed by atoms with Crippen LogP contribution >= 0.6 is 11.3 Å². The Bertz CT molecular complexity index is 1360. The van der Waals surface area contributed by atoms with Crippen molar-refractivity contribution in [2.45, 2.75) is 24.7 Å². The summed E-state index contributed by atoms with van der Waals surface area (Å²) in [5, 5.41) is 3.68. The Morgan fingerprint density at radius 3 is 2.48 bits per heavy atom. The molecule has 1 amide bonds. The molecule has 0 aliphatic carbocycles. The standard InChI is InChI=1S/C24H23N3O4S2/c1-16-7-8-18(15-22(16)33(29,30)27-17-9-11-19(31-2)12-10-17)25-23(28)13-14-24-26-20-5-3-4-6-21(20)32-24/h3-12,15,27H,13-14H2,1-2H3,(H,25,28). The number of anilines is 2. The number of thiazole rings is 1. The fourth-order valence-corrected chi connectivity index (χ4v) is 5.60. The molecule has 0 unspecified atom stereocenters. The van der Waals surface area contributed by atoms with Crippen molar-refractivity contribution in [2.24, 2.45) is 0 Å². The van der Waals surface area contributed by atoms with Crippen LogP contribution in [-0.2, 0) is 21.2 Å². The highest BCUT2D eigenvalue weighted by Crippen LogP contribution is 2.25. The predicted molar refractivity (Wildman–Crippen MR) is 132 cm³/mol. The highest BCUT2D eigenvalue weighted by Gasteiger charge is 2.18. The molecule has 7 nitrogen and oxygen atoms in total. The summed E-state index contributed by atoms with van der Waals surface area (Å²) in [5.41, 5.74) is 2.34. The van der Waals surface area contributed by atoms with Crippen molar-refractivity contribution < 1.29 is 17.9 Å². The molecule has 4 aromatic rings.